The Balaban J connectivity index is 1.54. The van der Waals surface area contributed by atoms with Gasteiger partial charge in [-0.15, -0.1) is 0 Å². The monoisotopic (exact) mass is 313 g/mol. The number of methoxy groups -OCH3 is 1. The molecule has 2 fully saturated rings. The Morgan fingerprint density at radius 3 is 2.74 bits per heavy atom. The van der Waals surface area contributed by atoms with Crippen molar-refractivity contribution in [2.75, 3.05) is 13.7 Å². The van der Waals surface area contributed by atoms with Crippen molar-refractivity contribution in [1.29, 1.82) is 0 Å². The molecule has 4 rings (SSSR count). The van der Waals surface area contributed by atoms with Crippen LogP contribution in [0.4, 0.5) is 0 Å². The number of amides is 1. The Labute approximate surface area is 134 Å². The van der Waals surface area contributed by atoms with Crippen molar-refractivity contribution < 1.29 is 14.1 Å². The number of carbonyl (C=O) groups excluding carboxylic acids is 1. The Bertz CT molecular complexity index is 706. The van der Waals surface area contributed by atoms with Crippen LogP contribution in [0.15, 0.2) is 28.8 Å². The highest BCUT2D eigenvalue weighted by Gasteiger charge is 2.36. The number of hydrogen-bond acceptors (Lipinski definition) is 5. The Hall–Kier alpha value is -2.37. The van der Waals surface area contributed by atoms with Gasteiger partial charge in [-0.1, -0.05) is 5.16 Å². The maximum Gasteiger partial charge on any atom is 0.254 e. The summed E-state index contributed by atoms with van der Waals surface area (Å²) in [7, 11) is 1.61. The summed E-state index contributed by atoms with van der Waals surface area (Å²) < 4.78 is 10.6. The topological polar surface area (TPSA) is 68.5 Å². The Morgan fingerprint density at radius 1 is 1.26 bits per heavy atom. The van der Waals surface area contributed by atoms with Gasteiger partial charge in [0, 0.05) is 18.0 Å². The van der Waals surface area contributed by atoms with Gasteiger partial charge in [0.15, 0.2) is 5.82 Å². The van der Waals surface area contributed by atoms with Crippen molar-refractivity contribution in [2.24, 2.45) is 0 Å². The fourth-order valence-electron chi connectivity index (χ4n) is 3.06. The zero-order valence-electron chi connectivity index (χ0n) is 13.1. The van der Waals surface area contributed by atoms with Crippen LogP contribution in [0.1, 0.15) is 59.7 Å². The molecule has 1 amide bonds. The standard InChI is InChI=1S/C17H19N3O3/c1-22-13-8-6-12(7-9-13)17(21)20-10-2-3-14(20)16-18-15(19-23-16)11-4-5-11/h6-9,11,14H,2-5,10H2,1H3. The molecular formula is C17H19N3O3. The van der Waals surface area contributed by atoms with Gasteiger partial charge in [-0.25, -0.2) is 0 Å². The third-order valence-corrected chi connectivity index (χ3v) is 4.54. The molecule has 0 spiro atoms. The van der Waals surface area contributed by atoms with Gasteiger partial charge >= 0.3 is 0 Å². The second-order valence-corrected chi connectivity index (χ2v) is 6.15. The fraction of sp³-hybridized carbons (Fsp3) is 0.471. The fourth-order valence-corrected chi connectivity index (χ4v) is 3.06. The normalized spacial score (nSPS) is 20.7. The summed E-state index contributed by atoms with van der Waals surface area (Å²) in [4.78, 5) is 19.1. The molecule has 1 unspecified atom stereocenters. The summed E-state index contributed by atoms with van der Waals surface area (Å²) in [5, 5.41) is 4.07. The average Bonchev–Trinajstić information content (AvgIpc) is 3.13. The number of ether oxygens (including phenoxy) is 1. The van der Waals surface area contributed by atoms with Crippen molar-refractivity contribution in [2.45, 2.75) is 37.6 Å². The number of hydrogen-bond donors (Lipinski definition) is 0. The van der Waals surface area contributed by atoms with E-state index in [1.54, 1.807) is 31.4 Å². The second kappa shape index (κ2) is 5.68. The highest BCUT2D eigenvalue weighted by atomic mass is 16.5. The number of rotatable bonds is 4. The van der Waals surface area contributed by atoms with Crippen molar-refractivity contribution in [3.8, 4) is 5.75 Å². The first-order valence-corrected chi connectivity index (χ1v) is 8.05. The molecule has 1 atom stereocenters. The maximum atomic E-state index is 12.8. The van der Waals surface area contributed by atoms with Gasteiger partial charge in [0.1, 0.15) is 11.8 Å². The second-order valence-electron chi connectivity index (χ2n) is 6.15. The number of nitrogens with zero attached hydrogens (tertiary/aromatic N) is 3. The lowest BCUT2D eigenvalue weighted by Gasteiger charge is -2.22. The molecular weight excluding hydrogens is 294 g/mol. The average molecular weight is 313 g/mol. The minimum atomic E-state index is -0.107. The van der Waals surface area contributed by atoms with E-state index in [2.05, 4.69) is 10.1 Å². The number of carbonyl (C=O) groups is 1. The molecule has 0 bridgehead atoms. The zero-order chi connectivity index (χ0) is 15.8. The summed E-state index contributed by atoms with van der Waals surface area (Å²) in [6.07, 6.45) is 4.10. The predicted molar refractivity (Wildman–Crippen MR) is 82.3 cm³/mol. The van der Waals surface area contributed by atoms with Gasteiger partial charge in [-0.05, 0) is 49.9 Å². The molecule has 120 valence electrons. The van der Waals surface area contributed by atoms with E-state index in [1.165, 1.54) is 0 Å². The van der Waals surface area contributed by atoms with Crippen LogP contribution in [-0.4, -0.2) is 34.6 Å². The van der Waals surface area contributed by atoms with Crippen molar-refractivity contribution in [1.82, 2.24) is 15.0 Å². The van der Waals surface area contributed by atoms with Crippen molar-refractivity contribution in [3.05, 3.63) is 41.5 Å². The molecule has 23 heavy (non-hydrogen) atoms. The summed E-state index contributed by atoms with van der Waals surface area (Å²) >= 11 is 0. The highest BCUT2D eigenvalue weighted by molar-refractivity contribution is 5.94. The third-order valence-electron chi connectivity index (χ3n) is 4.54. The van der Waals surface area contributed by atoms with Crippen LogP contribution in [-0.2, 0) is 0 Å². The highest BCUT2D eigenvalue weighted by Crippen LogP contribution is 2.40. The zero-order valence-corrected chi connectivity index (χ0v) is 13.1. The van der Waals surface area contributed by atoms with E-state index < -0.39 is 0 Å². The van der Waals surface area contributed by atoms with Crippen molar-refractivity contribution in [3.63, 3.8) is 0 Å². The lowest BCUT2D eigenvalue weighted by molar-refractivity contribution is 0.0710. The Kier molecular flexibility index (Phi) is 3.52. The summed E-state index contributed by atoms with van der Waals surface area (Å²) in [6, 6.07) is 7.08. The van der Waals surface area contributed by atoms with E-state index in [4.69, 9.17) is 9.26 Å². The molecule has 2 heterocycles. The molecule has 1 aromatic heterocycles. The lowest BCUT2D eigenvalue weighted by atomic mass is 10.1. The van der Waals surface area contributed by atoms with E-state index in [-0.39, 0.29) is 11.9 Å². The van der Waals surface area contributed by atoms with Crippen LogP contribution < -0.4 is 4.74 Å². The van der Waals surface area contributed by atoms with Crippen LogP contribution >= 0.6 is 0 Å². The van der Waals surface area contributed by atoms with Gasteiger partial charge in [0.25, 0.3) is 5.91 Å². The predicted octanol–water partition coefficient (Wildman–Crippen LogP) is 2.93. The molecule has 6 heteroatoms. The van der Waals surface area contributed by atoms with Crippen LogP contribution in [0.25, 0.3) is 0 Å². The van der Waals surface area contributed by atoms with Gasteiger partial charge in [-0.3, -0.25) is 4.79 Å². The van der Waals surface area contributed by atoms with Gasteiger partial charge in [0.05, 0.1) is 7.11 Å². The number of benzene rings is 1. The van der Waals surface area contributed by atoms with Crippen LogP contribution in [0.2, 0.25) is 0 Å². The first-order valence-electron chi connectivity index (χ1n) is 8.05. The smallest absolute Gasteiger partial charge is 0.254 e. The quantitative estimate of drug-likeness (QED) is 0.868. The molecule has 6 nitrogen and oxygen atoms in total. The Morgan fingerprint density at radius 2 is 2.04 bits per heavy atom. The van der Waals surface area contributed by atoms with E-state index >= 15 is 0 Å². The SMILES string of the molecule is COc1ccc(C(=O)N2CCCC2c2nc(C3CC3)no2)cc1. The first-order chi connectivity index (χ1) is 11.3. The summed E-state index contributed by atoms with van der Waals surface area (Å²) in [5.41, 5.74) is 0.652. The van der Waals surface area contributed by atoms with Gasteiger partial charge in [-0.2, -0.15) is 4.98 Å². The summed E-state index contributed by atoms with van der Waals surface area (Å²) in [6.45, 7) is 0.719. The molecule has 0 N–H and O–H groups in total. The molecule has 0 radical (unpaired) electrons. The van der Waals surface area contributed by atoms with Gasteiger partial charge in [0.2, 0.25) is 5.89 Å². The molecule has 2 aliphatic rings. The minimum absolute atomic E-state index is 0.00123. The van der Waals surface area contributed by atoms with Crippen LogP contribution in [0.3, 0.4) is 0 Å². The van der Waals surface area contributed by atoms with Crippen molar-refractivity contribution >= 4 is 5.91 Å². The number of aromatic nitrogens is 2. The first kappa shape index (κ1) is 14.2. The number of likely N-dealkylation sites (tertiary alicyclic amines) is 1. The molecule has 1 saturated carbocycles. The summed E-state index contributed by atoms with van der Waals surface area (Å²) in [5.74, 6) is 2.57. The molecule has 1 saturated heterocycles. The molecule has 1 aliphatic heterocycles. The third kappa shape index (κ3) is 2.69. The largest absolute Gasteiger partial charge is 0.497 e. The maximum absolute atomic E-state index is 12.8. The van der Waals surface area contributed by atoms with Crippen LogP contribution in [0.5, 0.6) is 5.75 Å². The molecule has 2 aromatic rings. The lowest BCUT2D eigenvalue weighted by Crippen LogP contribution is -2.30. The van der Waals surface area contributed by atoms with E-state index in [0.29, 0.717) is 17.4 Å². The van der Waals surface area contributed by atoms with Crippen LogP contribution in [0, 0.1) is 0 Å². The van der Waals surface area contributed by atoms with E-state index in [9.17, 15) is 4.79 Å². The van der Waals surface area contributed by atoms with E-state index in [0.717, 1.165) is 43.8 Å². The van der Waals surface area contributed by atoms with Gasteiger partial charge < -0.3 is 14.2 Å². The van der Waals surface area contributed by atoms with E-state index in [1.807, 2.05) is 4.90 Å². The molecule has 1 aromatic carbocycles. The minimum Gasteiger partial charge on any atom is -0.497 e. The molecule has 1 aliphatic carbocycles.